The Balaban J connectivity index is 2.69. The van der Waals surface area contributed by atoms with Crippen molar-refractivity contribution in [3.8, 4) is 11.8 Å². The molecule has 5 heteroatoms. The highest BCUT2D eigenvalue weighted by molar-refractivity contribution is 7.10. The third-order valence-corrected chi connectivity index (χ3v) is 3.67. The van der Waals surface area contributed by atoms with Crippen LogP contribution in [0.15, 0.2) is 11.4 Å². The van der Waals surface area contributed by atoms with Gasteiger partial charge in [0.1, 0.15) is 6.61 Å². The van der Waals surface area contributed by atoms with E-state index in [9.17, 15) is 4.79 Å². The quantitative estimate of drug-likeness (QED) is 0.788. The monoisotopic (exact) mass is 308 g/mol. The molecule has 4 nitrogen and oxygen atoms in total. The van der Waals surface area contributed by atoms with Crippen LogP contribution in [0.1, 0.15) is 35.5 Å². The van der Waals surface area contributed by atoms with Gasteiger partial charge in [0.2, 0.25) is 0 Å². The number of nitrogens with one attached hydrogen (secondary N) is 1. The van der Waals surface area contributed by atoms with Crippen molar-refractivity contribution in [3.05, 3.63) is 21.9 Å². The van der Waals surface area contributed by atoms with Gasteiger partial charge in [0.25, 0.3) is 5.91 Å². The maximum Gasteiger partial charge on any atom is 0.252 e. The van der Waals surface area contributed by atoms with E-state index in [2.05, 4.69) is 35.9 Å². The fourth-order valence-corrected chi connectivity index (χ4v) is 2.86. The molecule has 1 unspecified atom stereocenters. The Kier molecular flexibility index (Phi) is 7.44. The van der Waals surface area contributed by atoms with Crippen LogP contribution in [0.4, 0.5) is 0 Å². The van der Waals surface area contributed by atoms with Gasteiger partial charge < -0.3 is 15.3 Å². The third-order valence-electron chi connectivity index (χ3n) is 2.83. The number of carbonyl (C=O) groups excluding carboxylic acids is 1. The number of aliphatic hydroxyl groups excluding tert-OH is 1. The molecule has 1 aromatic rings. The van der Waals surface area contributed by atoms with Gasteiger partial charge in [-0.15, -0.1) is 11.3 Å². The number of nitrogens with zero attached hydrogens (tertiary/aromatic N) is 1. The minimum atomic E-state index is -0.168. The lowest BCUT2D eigenvalue weighted by atomic mass is 10.0. The van der Waals surface area contributed by atoms with Crippen LogP contribution in [-0.2, 0) is 0 Å². The molecule has 0 saturated carbocycles. The van der Waals surface area contributed by atoms with Crippen LogP contribution >= 0.6 is 11.3 Å². The van der Waals surface area contributed by atoms with Gasteiger partial charge in [0, 0.05) is 18.0 Å². The average Bonchev–Trinajstić information content (AvgIpc) is 2.83. The second-order valence-electron chi connectivity index (χ2n) is 5.72. The topological polar surface area (TPSA) is 52.6 Å². The average molecular weight is 308 g/mol. The molecule has 116 valence electrons. The predicted molar refractivity (Wildman–Crippen MR) is 87.5 cm³/mol. The highest BCUT2D eigenvalue weighted by Gasteiger charge is 2.16. The molecule has 0 radical (unpaired) electrons. The number of thiophene rings is 1. The molecule has 2 N–H and O–H groups in total. The molecule has 0 aliphatic rings. The van der Waals surface area contributed by atoms with E-state index < -0.39 is 0 Å². The number of aliphatic hydroxyl groups is 1. The van der Waals surface area contributed by atoms with Gasteiger partial charge >= 0.3 is 0 Å². The largest absolute Gasteiger partial charge is 0.384 e. The van der Waals surface area contributed by atoms with Gasteiger partial charge in [-0.1, -0.05) is 25.7 Å². The number of hydrogen-bond acceptors (Lipinski definition) is 4. The van der Waals surface area contributed by atoms with E-state index in [0.29, 0.717) is 11.5 Å². The summed E-state index contributed by atoms with van der Waals surface area (Å²) in [5.41, 5.74) is 0.634. The fraction of sp³-hybridized carbons (Fsp3) is 0.562. The predicted octanol–water partition coefficient (Wildman–Crippen LogP) is 1.80. The van der Waals surface area contributed by atoms with E-state index in [-0.39, 0.29) is 18.6 Å². The molecule has 1 heterocycles. The second-order valence-corrected chi connectivity index (χ2v) is 6.63. The van der Waals surface area contributed by atoms with Crippen LogP contribution in [0.3, 0.4) is 0 Å². The summed E-state index contributed by atoms with van der Waals surface area (Å²) in [7, 11) is 4.01. The fourth-order valence-electron chi connectivity index (χ4n) is 2.11. The highest BCUT2D eigenvalue weighted by Crippen LogP contribution is 2.14. The Hall–Kier alpha value is -1.35. The molecule has 1 atom stereocenters. The maximum atomic E-state index is 12.3. The standard InChI is InChI=1S/C16H24N2O2S/c1-12(2)8-14(10-18(3)4)17-16(20)13-9-15(21-11-13)6-5-7-19/h9,11-12,14,19H,7-8,10H2,1-4H3,(H,17,20). The van der Waals surface area contributed by atoms with Crippen LogP contribution < -0.4 is 5.32 Å². The molecule has 0 bridgehead atoms. The first kappa shape index (κ1) is 17.7. The van der Waals surface area contributed by atoms with Gasteiger partial charge in [-0.3, -0.25) is 4.79 Å². The molecule has 0 aromatic carbocycles. The lowest BCUT2D eigenvalue weighted by molar-refractivity contribution is 0.0925. The van der Waals surface area contributed by atoms with Crippen molar-refractivity contribution < 1.29 is 9.90 Å². The number of likely N-dealkylation sites (N-methyl/N-ethyl adjacent to an activating group) is 1. The van der Waals surface area contributed by atoms with Crippen molar-refractivity contribution in [1.29, 1.82) is 0 Å². The lowest BCUT2D eigenvalue weighted by Crippen LogP contribution is -2.42. The first-order valence-electron chi connectivity index (χ1n) is 7.06. The number of hydrogen-bond donors (Lipinski definition) is 2. The van der Waals surface area contributed by atoms with Gasteiger partial charge in [0.15, 0.2) is 0 Å². The Morgan fingerprint density at radius 1 is 1.48 bits per heavy atom. The van der Waals surface area contributed by atoms with Crippen LogP contribution in [-0.4, -0.2) is 49.2 Å². The SMILES string of the molecule is CC(C)CC(CN(C)C)NC(=O)c1csc(C#CCO)c1. The molecule has 0 saturated heterocycles. The summed E-state index contributed by atoms with van der Waals surface area (Å²) in [4.78, 5) is 15.2. The first-order valence-corrected chi connectivity index (χ1v) is 7.94. The van der Waals surface area contributed by atoms with E-state index >= 15 is 0 Å². The zero-order chi connectivity index (χ0) is 15.8. The van der Waals surface area contributed by atoms with Crippen molar-refractivity contribution in [3.63, 3.8) is 0 Å². The van der Waals surface area contributed by atoms with Crippen molar-refractivity contribution >= 4 is 17.2 Å². The molecule has 1 amide bonds. The van der Waals surface area contributed by atoms with Crippen molar-refractivity contribution in [2.45, 2.75) is 26.3 Å². The lowest BCUT2D eigenvalue weighted by Gasteiger charge is -2.23. The molecule has 0 aliphatic heterocycles. The zero-order valence-corrected chi connectivity index (χ0v) is 14.0. The molecule has 0 spiro atoms. The molecule has 1 rings (SSSR count). The minimum Gasteiger partial charge on any atom is -0.384 e. The summed E-state index contributed by atoms with van der Waals surface area (Å²) in [6, 6.07) is 1.91. The molecule has 0 aliphatic carbocycles. The van der Waals surface area contributed by atoms with E-state index in [1.807, 2.05) is 14.1 Å². The Labute approximate surface area is 131 Å². The zero-order valence-electron chi connectivity index (χ0n) is 13.1. The number of rotatable bonds is 6. The Morgan fingerprint density at radius 3 is 2.76 bits per heavy atom. The third kappa shape index (κ3) is 6.76. The van der Waals surface area contributed by atoms with Gasteiger partial charge in [-0.2, -0.15) is 0 Å². The minimum absolute atomic E-state index is 0.0594. The summed E-state index contributed by atoms with van der Waals surface area (Å²) in [5.74, 6) is 5.88. The summed E-state index contributed by atoms with van der Waals surface area (Å²) >= 11 is 1.42. The summed E-state index contributed by atoms with van der Waals surface area (Å²) in [5, 5.41) is 13.6. The van der Waals surface area contributed by atoms with E-state index in [0.717, 1.165) is 17.8 Å². The molecular formula is C16H24N2O2S. The number of carbonyl (C=O) groups is 1. The van der Waals surface area contributed by atoms with Crippen LogP contribution in [0.2, 0.25) is 0 Å². The van der Waals surface area contributed by atoms with E-state index in [4.69, 9.17) is 5.11 Å². The maximum absolute atomic E-state index is 12.3. The van der Waals surface area contributed by atoms with Crippen molar-refractivity contribution in [1.82, 2.24) is 10.2 Å². The van der Waals surface area contributed by atoms with Crippen LogP contribution in [0.5, 0.6) is 0 Å². The van der Waals surface area contributed by atoms with Gasteiger partial charge in [-0.25, -0.2) is 0 Å². The Bertz CT molecular complexity index is 502. The molecule has 21 heavy (non-hydrogen) atoms. The highest BCUT2D eigenvalue weighted by atomic mass is 32.1. The summed E-state index contributed by atoms with van der Waals surface area (Å²) < 4.78 is 0. The normalized spacial score (nSPS) is 12.1. The van der Waals surface area contributed by atoms with Crippen LogP contribution in [0, 0.1) is 17.8 Å². The smallest absolute Gasteiger partial charge is 0.252 e. The summed E-state index contributed by atoms with van der Waals surface area (Å²) in [6.07, 6.45) is 0.950. The second kappa shape index (κ2) is 8.83. The van der Waals surface area contributed by atoms with Crippen molar-refractivity contribution in [2.24, 2.45) is 5.92 Å². The number of amides is 1. The summed E-state index contributed by atoms with van der Waals surface area (Å²) in [6.45, 7) is 4.97. The van der Waals surface area contributed by atoms with Crippen molar-refractivity contribution in [2.75, 3.05) is 27.2 Å². The van der Waals surface area contributed by atoms with Crippen LogP contribution in [0.25, 0.3) is 0 Å². The molecule has 1 aromatic heterocycles. The molecular weight excluding hydrogens is 284 g/mol. The van der Waals surface area contributed by atoms with E-state index in [1.54, 1.807) is 11.4 Å². The van der Waals surface area contributed by atoms with Gasteiger partial charge in [0.05, 0.1) is 10.4 Å². The Morgan fingerprint density at radius 2 is 2.19 bits per heavy atom. The molecule has 0 fully saturated rings. The van der Waals surface area contributed by atoms with E-state index in [1.165, 1.54) is 11.3 Å². The van der Waals surface area contributed by atoms with Gasteiger partial charge in [-0.05, 0) is 32.5 Å². The first-order chi connectivity index (χ1) is 9.92.